The first-order valence-electron chi connectivity index (χ1n) is 10.4. The van der Waals surface area contributed by atoms with Gasteiger partial charge in [0.2, 0.25) is 0 Å². The molecule has 0 bridgehead atoms. The highest BCUT2D eigenvalue weighted by atomic mass is 79.9. The van der Waals surface area contributed by atoms with Crippen LogP contribution >= 0.6 is 17.0 Å². The van der Waals surface area contributed by atoms with Crippen molar-refractivity contribution < 1.29 is 15.3 Å². The largest absolute Gasteiger partial charge is 0.343 e. The van der Waals surface area contributed by atoms with Crippen LogP contribution in [0.4, 0.5) is 0 Å². The Morgan fingerprint density at radius 1 is 0.560 bits per heavy atom. The summed E-state index contributed by atoms with van der Waals surface area (Å²) in [5.41, 5.74) is 0. The van der Waals surface area contributed by atoms with Crippen LogP contribution in [-0.2, 0) is 0 Å². The lowest BCUT2D eigenvalue weighted by Gasteiger charge is -2.14. The molecule has 0 heterocycles. The van der Waals surface area contributed by atoms with Crippen LogP contribution in [0.5, 0.6) is 0 Å². The molecule has 0 aliphatic carbocycles. The molecule has 0 rings (SSSR count). The second-order valence-corrected chi connectivity index (χ2v) is 7.25. The third-order valence-corrected chi connectivity index (χ3v) is 4.57. The quantitative estimate of drug-likeness (QED) is 0.172. The Hall–Kier alpha value is 0.320. The third kappa shape index (κ3) is 26.7. The second-order valence-electron chi connectivity index (χ2n) is 7.25. The van der Waals surface area contributed by atoms with E-state index in [1.165, 1.54) is 96.3 Å². The molecular weight excluding hydrogens is 382 g/mol. The smallest absolute Gasteiger partial charge is 0.288 e. The van der Waals surface area contributed by atoms with E-state index < -0.39 is 5.97 Å². The van der Waals surface area contributed by atoms with Crippen molar-refractivity contribution in [2.45, 2.75) is 116 Å². The summed E-state index contributed by atoms with van der Waals surface area (Å²) in [6, 6.07) is 0. The van der Waals surface area contributed by atoms with Crippen molar-refractivity contribution in [3.05, 3.63) is 0 Å². The topological polar surface area (TPSA) is 72.7 Å². The predicted octanol–water partition coefficient (Wildman–Crippen LogP) is 5.05. The van der Waals surface area contributed by atoms with Gasteiger partial charge < -0.3 is 20.6 Å². The molecule has 0 spiro atoms. The maximum absolute atomic E-state index is 8.70. The Balaban J connectivity index is 0. The average molecular weight is 426 g/mol. The summed E-state index contributed by atoms with van der Waals surface area (Å²) in [5, 5.41) is 28.9. The fraction of sp³-hybridized carbons (Fsp3) is 1.00. The molecule has 0 saturated carbocycles. The Morgan fingerprint density at radius 2 is 0.880 bits per heavy atom. The van der Waals surface area contributed by atoms with Crippen LogP contribution < -0.4 is 5.32 Å². The molecule has 0 aromatic carbocycles. The van der Waals surface area contributed by atoms with Gasteiger partial charge in [0, 0.05) is 0 Å². The molecule has 0 aliphatic rings. The van der Waals surface area contributed by atoms with Crippen molar-refractivity contribution in [2.24, 2.45) is 0 Å². The molecule has 0 aliphatic heterocycles. The van der Waals surface area contributed by atoms with Gasteiger partial charge in [-0.3, -0.25) is 0 Å². The van der Waals surface area contributed by atoms with Crippen LogP contribution in [0.2, 0.25) is 0 Å². The van der Waals surface area contributed by atoms with Crippen molar-refractivity contribution in [3.8, 4) is 0 Å². The van der Waals surface area contributed by atoms with Crippen molar-refractivity contribution in [3.63, 3.8) is 0 Å². The summed E-state index contributed by atoms with van der Waals surface area (Å²) in [7, 11) is 0. The number of nitrogens with one attached hydrogen (secondary N) is 1. The molecule has 0 aromatic heterocycles. The van der Waals surface area contributed by atoms with Gasteiger partial charge in [-0.15, -0.1) is 17.0 Å². The van der Waals surface area contributed by atoms with Gasteiger partial charge >= 0.3 is 0 Å². The normalized spacial score (nSPS) is 11.5. The number of halogens is 1. The van der Waals surface area contributed by atoms with Crippen molar-refractivity contribution in [1.29, 1.82) is 0 Å². The minimum Gasteiger partial charge on any atom is -0.343 e. The molecule has 0 atom stereocenters. The molecule has 5 heteroatoms. The number of unbranched alkanes of at least 4 members (excludes halogenated alkanes) is 15. The Morgan fingerprint density at radius 3 is 1.20 bits per heavy atom. The number of hydrogen-bond donors (Lipinski definition) is 4. The zero-order valence-electron chi connectivity index (χ0n) is 16.5. The zero-order valence-corrected chi connectivity index (χ0v) is 18.2. The number of hydrogen-bond acceptors (Lipinski definition) is 4. The van der Waals surface area contributed by atoms with Crippen LogP contribution in [0.25, 0.3) is 0 Å². The van der Waals surface area contributed by atoms with Gasteiger partial charge in [-0.1, -0.05) is 103 Å². The van der Waals surface area contributed by atoms with Gasteiger partial charge in [0.05, 0.1) is 6.54 Å². The lowest BCUT2D eigenvalue weighted by atomic mass is 10.0. The van der Waals surface area contributed by atoms with Gasteiger partial charge in [-0.05, 0) is 13.0 Å². The van der Waals surface area contributed by atoms with E-state index in [0.29, 0.717) is 0 Å². The van der Waals surface area contributed by atoms with Crippen molar-refractivity contribution >= 4 is 17.0 Å². The van der Waals surface area contributed by atoms with Gasteiger partial charge in [0.25, 0.3) is 5.97 Å². The Labute approximate surface area is 166 Å². The third-order valence-electron chi connectivity index (χ3n) is 4.57. The molecule has 0 unspecified atom stereocenters. The highest BCUT2D eigenvalue weighted by Crippen LogP contribution is 2.13. The SMILES string of the molecule is Br.CCCCCCCCCCCCCCCCCCNCC(O)(O)O. The van der Waals surface area contributed by atoms with Crippen LogP contribution in [0, 0.1) is 0 Å². The van der Waals surface area contributed by atoms with Crippen molar-refractivity contribution in [2.75, 3.05) is 13.1 Å². The first kappa shape index (κ1) is 27.5. The van der Waals surface area contributed by atoms with E-state index in [9.17, 15) is 0 Å². The molecule has 4 N–H and O–H groups in total. The van der Waals surface area contributed by atoms with E-state index in [4.69, 9.17) is 15.3 Å². The van der Waals surface area contributed by atoms with Crippen molar-refractivity contribution in [1.82, 2.24) is 5.32 Å². The fourth-order valence-electron chi connectivity index (χ4n) is 3.05. The van der Waals surface area contributed by atoms with Crippen LogP contribution in [0.1, 0.15) is 110 Å². The molecule has 0 saturated heterocycles. The number of aliphatic hydroxyl groups is 3. The Bertz CT molecular complexity index is 248. The Kier molecular flexibility index (Phi) is 22.7. The molecule has 0 fully saturated rings. The van der Waals surface area contributed by atoms with Crippen LogP contribution in [0.3, 0.4) is 0 Å². The summed E-state index contributed by atoms with van der Waals surface area (Å²) in [4.78, 5) is 0. The lowest BCUT2D eigenvalue weighted by Crippen LogP contribution is -2.40. The average Bonchev–Trinajstić information content (AvgIpc) is 2.52. The predicted molar refractivity (Wildman–Crippen MR) is 112 cm³/mol. The van der Waals surface area contributed by atoms with Crippen LogP contribution in [0.15, 0.2) is 0 Å². The fourth-order valence-corrected chi connectivity index (χ4v) is 3.05. The van der Waals surface area contributed by atoms with E-state index in [0.717, 1.165) is 13.0 Å². The number of rotatable bonds is 19. The molecule has 25 heavy (non-hydrogen) atoms. The first-order valence-corrected chi connectivity index (χ1v) is 10.4. The van der Waals surface area contributed by atoms with E-state index in [1.54, 1.807) is 0 Å². The van der Waals surface area contributed by atoms with E-state index in [2.05, 4.69) is 12.2 Å². The summed E-state index contributed by atoms with van der Waals surface area (Å²) in [6.07, 6.45) is 21.6. The summed E-state index contributed by atoms with van der Waals surface area (Å²) >= 11 is 0. The monoisotopic (exact) mass is 425 g/mol. The minimum atomic E-state index is -2.57. The van der Waals surface area contributed by atoms with Crippen LogP contribution in [-0.4, -0.2) is 34.4 Å². The highest BCUT2D eigenvalue weighted by molar-refractivity contribution is 8.93. The first-order chi connectivity index (χ1) is 11.6. The maximum atomic E-state index is 8.70. The molecule has 4 nitrogen and oxygen atoms in total. The molecular formula is C20H44BrNO3. The maximum Gasteiger partial charge on any atom is 0.288 e. The van der Waals surface area contributed by atoms with Gasteiger partial charge in [-0.2, -0.15) is 0 Å². The van der Waals surface area contributed by atoms with E-state index in [1.807, 2.05) is 0 Å². The standard InChI is InChI=1S/C20H43NO3.BrH/c1-2-3-4-5-6-7-8-9-10-11-12-13-14-15-16-17-18-21-19-20(22,23)24;/h21-24H,2-19H2,1H3;1H. The highest BCUT2D eigenvalue weighted by Gasteiger charge is 2.16. The van der Waals surface area contributed by atoms with E-state index >= 15 is 0 Å². The second kappa shape index (κ2) is 20.6. The summed E-state index contributed by atoms with van der Waals surface area (Å²) < 4.78 is 0. The molecule has 154 valence electrons. The van der Waals surface area contributed by atoms with Gasteiger partial charge in [0.1, 0.15) is 0 Å². The summed E-state index contributed by atoms with van der Waals surface area (Å²) in [6.45, 7) is 2.81. The van der Waals surface area contributed by atoms with Gasteiger partial charge in [-0.25, -0.2) is 0 Å². The minimum absolute atomic E-state index is 0. The zero-order chi connectivity index (χ0) is 17.9. The molecule has 0 radical (unpaired) electrons. The molecule has 0 aromatic rings. The van der Waals surface area contributed by atoms with Gasteiger partial charge in [0.15, 0.2) is 0 Å². The summed E-state index contributed by atoms with van der Waals surface area (Å²) in [5.74, 6) is -2.57. The molecule has 0 amide bonds. The lowest BCUT2D eigenvalue weighted by molar-refractivity contribution is -0.306. The van der Waals surface area contributed by atoms with E-state index in [-0.39, 0.29) is 23.5 Å².